The summed E-state index contributed by atoms with van der Waals surface area (Å²) in [7, 11) is 2.12. The molecule has 0 aliphatic carbocycles. The van der Waals surface area contributed by atoms with E-state index in [1.165, 1.54) is 5.52 Å². The maximum Gasteiger partial charge on any atom is 0.126 e. The van der Waals surface area contributed by atoms with Crippen LogP contribution in [0.2, 0.25) is 0 Å². The molecule has 1 fully saturated rings. The average Bonchev–Trinajstić information content (AvgIpc) is 2.76. The van der Waals surface area contributed by atoms with Gasteiger partial charge in [-0.05, 0) is 32.9 Å². The molecule has 1 aliphatic rings. The number of para-hydroxylation sites is 2. The van der Waals surface area contributed by atoms with Gasteiger partial charge in [-0.25, -0.2) is 4.98 Å². The van der Waals surface area contributed by atoms with Crippen LogP contribution in [0.5, 0.6) is 0 Å². The number of imidazole rings is 1. The van der Waals surface area contributed by atoms with Crippen molar-refractivity contribution in [2.75, 3.05) is 19.6 Å². The van der Waals surface area contributed by atoms with E-state index >= 15 is 0 Å². The van der Waals surface area contributed by atoms with Gasteiger partial charge in [-0.3, -0.25) is 4.90 Å². The maximum absolute atomic E-state index is 4.85. The topological polar surface area (TPSA) is 33.1 Å². The number of hydrogen-bond donors (Lipinski definition) is 1. The number of aromatic nitrogens is 2. The number of nitrogens with one attached hydrogen (secondary N) is 1. The zero-order chi connectivity index (χ0) is 14.3. The summed E-state index contributed by atoms with van der Waals surface area (Å²) in [5, 5.41) is 3.48. The van der Waals surface area contributed by atoms with Gasteiger partial charge in [0.1, 0.15) is 5.82 Å². The molecular weight excluding hydrogens is 248 g/mol. The Hall–Kier alpha value is -1.39. The monoisotopic (exact) mass is 272 g/mol. The highest BCUT2D eigenvalue weighted by Crippen LogP contribution is 2.30. The van der Waals surface area contributed by atoms with Gasteiger partial charge in [-0.2, -0.15) is 0 Å². The molecule has 3 rings (SSSR count). The third-order valence-corrected chi connectivity index (χ3v) is 4.53. The van der Waals surface area contributed by atoms with Crippen LogP contribution in [-0.2, 0) is 7.05 Å². The Morgan fingerprint density at radius 3 is 2.75 bits per heavy atom. The van der Waals surface area contributed by atoms with Crippen LogP contribution < -0.4 is 5.32 Å². The summed E-state index contributed by atoms with van der Waals surface area (Å²) < 4.78 is 2.23. The Kier molecular flexibility index (Phi) is 3.30. The molecule has 4 nitrogen and oxygen atoms in total. The first kappa shape index (κ1) is 13.6. The Balaban J connectivity index is 1.99. The highest BCUT2D eigenvalue weighted by atomic mass is 15.3. The summed E-state index contributed by atoms with van der Waals surface area (Å²) >= 11 is 0. The molecule has 2 heterocycles. The van der Waals surface area contributed by atoms with Crippen molar-refractivity contribution < 1.29 is 0 Å². The van der Waals surface area contributed by atoms with Gasteiger partial charge in [0.2, 0.25) is 0 Å². The summed E-state index contributed by atoms with van der Waals surface area (Å²) in [4.78, 5) is 7.41. The van der Waals surface area contributed by atoms with Crippen molar-refractivity contribution in [1.29, 1.82) is 0 Å². The molecule has 1 unspecified atom stereocenters. The second-order valence-electron chi connectivity index (χ2n) is 6.38. The fourth-order valence-electron chi connectivity index (χ4n) is 3.39. The molecule has 0 amide bonds. The van der Waals surface area contributed by atoms with Crippen molar-refractivity contribution in [1.82, 2.24) is 19.8 Å². The standard InChI is InChI=1S/C16H24N4/c1-12(20-10-9-17-11-16(20,2)3)15-18-13-7-5-6-8-14(13)19(15)4/h5-8,12,17H,9-11H2,1-4H3. The van der Waals surface area contributed by atoms with E-state index in [4.69, 9.17) is 4.98 Å². The quantitative estimate of drug-likeness (QED) is 0.911. The van der Waals surface area contributed by atoms with Crippen LogP contribution >= 0.6 is 0 Å². The molecule has 0 radical (unpaired) electrons. The number of benzene rings is 1. The van der Waals surface area contributed by atoms with Crippen LogP contribution in [0.15, 0.2) is 24.3 Å². The van der Waals surface area contributed by atoms with Gasteiger partial charge >= 0.3 is 0 Å². The minimum Gasteiger partial charge on any atom is -0.330 e. The number of piperazine rings is 1. The van der Waals surface area contributed by atoms with Crippen LogP contribution in [0.3, 0.4) is 0 Å². The molecule has 1 atom stereocenters. The Morgan fingerprint density at radius 2 is 2.05 bits per heavy atom. The minimum absolute atomic E-state index is 0.163. The molecule has 1 saturated heterocycles. The number of hydrogen-bond acceptors (Lipinski definition) is 3. The molecule has 1 aliphatic heterocycles. The van der Waals surface area contributed by atoms with Crippen molar-refractivity contribution in [3.05, 3.63) is 30.1 Å². The van der Waals surface area contributed by atoms with Gasteiger partial charge in [0, 0.05) is 32.2 Å². The van der Waals surface area contributed by atoms with Crippen LogP contribution in [0.1, 0.15) is 32.6 Å². The molecule has 0 spiro atoms. The third kappa shape index (κ3) is 2.13. The number of aryl methyl sites for hydroxylation is 1. The molecule has 2 aromatic rings. The highest BCUT2D eigenvalue weighted by molar-refractivity contribution is 5.75. The lowest BCUT2D eigenvalue weighted by atomic mass is 9.97. The van der Waals surface area contributed by atoms with E-state index in [0.717, 1.165) is 31.0 Å². The number of fused-ring (bicyclic) bond motifs is 1. The predicted octanol–water partition coefficient (Wildman–Crippen LogP) is 2.32. The van der Waals surface area contributed by atoms with E-state index in [2.05, 4.69) is 66.9 Å². The molecular formula is C16H24N4. The first-order valence-electron chi connectivity index (χ1n) is 7.39. The largest absolute Gasteiger partial charge is 0.330 e. The summed E-state index contributed by atoms with van der Waals surface area (Å²) in [5.41, 5.74) is 2.46. The lowest BCUT2D eigenvalue weighted by molar-refractivity contribution is 0.0472. The molecule has 1 aromatic carbocycles. The molecule has 1 aromatic heterocycles. The fourth-order valence-corrected chi connectivity index (χ4v) is 3.39. The van der Waals surface area contributed by atoms with Crippen LogP contribution in [0, 0.1) is 0 Å². The summed E-state index contributed by atoms with van der Waals surface area (Å²) in [5.74, 6) is 1.15. The minimum atomic E-state index is 0.163. The van der Waals surface area contributed by atoms with Crippen molar-refractivity contribution in [3.8, 4) is 0 Å². The predicted molar refractivity (Wildman–Crippen MR) is 82.8 cm³/mol. The first-order chi connectivity index (χ1) is 9.50. The zero-order valence-corrected chi connectivity index (χ0v) is 12.8. The third-order valence-electron chi connectivity index (χ3n) is 4.53. The number of nitrogens with zero attached hydrogens (tertiary/aromatic N) is 3. The Bertz CT molecular complexity index is 614. The van der Waals surface area contributed by atoms with Gasteiger partial charge < -0.3 is 9.88 Å². The van der Waals surface area contributed by atoms with E-state index in [9.17, 15) is 0 Å². The van der Waals surface area contributed by atoms with Gasteiger partial charge in [0.15, 0.2) is 0 Å². The lowest BCUT2D eigenvalue weighted by Crippen LogP contribution is -2.58. The van der Waals surface area contributed by atoms with Crippen molar-refractivity contribution >= 4 is 11.0 Å². The van der Waals surface area contributed by atoms with Gasteiger partial charge in [0.05, 0.1) is 17.1 Å². The molecule has 0 saturated carbocycles. The molecule has 20 heavy (non-hydrogen) atoms. The lowest BCUT2D eigenvalue weighted by Gasteiger charge is -2.45. The van der Waals surface area contributed by atoms with E-state index in [-0.39, 0.29) is 5.54 Å². The summed E-state index contributed by atoms with van der Waals surface area (Å²) in [6.45, 7) is 10.0. The first-order valence-corrected chi connectivity index (χ1v) is 7.39. The van der Waals surface area contributed by atoms with Gasteiger partial charge in [-0.15, -0.1) is 0 Å². The maximum atomic E-state index is 4.85. The van der Waals surface area contributed by atoms with Crippen LogP contribution in [0.4, 0.5) is 0 Å². The van der Waals surface area contributed by atoms with E-state index in [1.807, 2.05) is 0 Å². The molecule has 108 valence electrons. The molecule has 0 bridgehead atoms. The Morgan fingerprint density at radius 1 is 1.30 bits per heavy atom. The van der Waals surface area contributed by atoms with Gasteiger partial charge in [-0.1, -0.05) is 12.1 Å². The molecule has 4 heteroatoms. The summed E-state index contributed by atoms with van der Waals surface area (Å²) in [6.07, 6.45) is 0. The van der Waals surface area contributed by atoms with Gasteiger partial charge in [0.25, 0.3) is 0 Å². The summed E-state index contributed by atoms with van der Waals surface area (Å²) in [6, 6.07) is 8.69. The smallest absolute Gasteiger partial charge is 0.126 e. The SMILES string of the molecule is CC(c1nc2ccccc2n1C)N1CCNCC1(C)C. The van der Waals surface area contributed by atoms with Crippen LogP contribution in [0.25, 0.3) is 11.0 Å². The normalized spacial score (nSPS) is 21.2. The Labute approximate surface area is 120 Å². The van der Waals surface area contributed by atoms with E-state index in [1.54, 1.807) is 0 Å². The van der Waals surface area contributed by atoms with Crippen molar-refractivity contribution in [2.45, 2.75) is 32.4 Å². The van der Waals surface area contributed by atoms with Crippen LogP contribution in [-0.4, -0.2) is 39.6 Å². The fraction of sp³-hybridized carbons (Fsp3) is 0.562. The second-order valence-corrected chi connectivity index (χ2v) is 6.38. The van der Waals surface area contributed by atoms with Crippen molar-refractivity contribution in [2.24, 2.45) is 7.05 Å². The second kappa shape index (κ2) is 4.86. The zero-order valence-electron chi connectivity index (χ0n) is 12.8. The number of rotatable bonds is 2. The van der Waals surface area contributed by atoms with Crippen molar-refractivity contribution in [3.63, 3.8) is 0 Å². The van der Waals surface area contributed by atoms with E-state index < -0.39 is 0 Å². The molecule has 1 N–H and O–H groups in total. The average molecular weight is 272 g/mol. The van der Waals surface area contributed by atoms with E-state index in [0.29, 0.717) is 6.04 Å². The highest BCUT2D eigenvalue weighted by Gasteiger charge is 2.35.